The van der Waals surface area contributed by atoms with Crippen molar-refractivity contribution in [2.24, 2.45) is 0 Å². The van der Waals surface area contributed by atoms with E-state index in [9.17, 15) is 4.79 Å². The number of hydrogen-bond donors (Lipinski definition) is 1. The number of amides is 1. The molecule has 0 radical (unpaired) electrons. The molecule has 0 spiro atoms. The second-order valence-electron chi connectivity index (χ2n) is 5.92. The molecule has 0 aliphatic carbocycles. The van der Waals surface area contributed by atoms with Gasteiger partial charge in [-0.2, -0.15) is 0 Å². The Bertz CT molecular complexity index is 889. The number of H-pyrrole nitrogens is 1. The van der Waals surface area contributed by atoms with E-state index in [0.717, 1.165) is 29.7 Å². The van der Waals surface area contributed by atoms with Crippen LogP contribution in [0, 0.1) is 0 Å². The molecule has 4 nitrogen and oxygen atoms in total. The van der Waals surface area contributed by atoms with Gasteiger partial charge in [0.25, 0.3) is 5.91 Å². The molecule has 3 aromatic rings. The molecule has 1 atom stereocenters. The van der Waals surface area contributed by atoms with Crippen LogP contribution in [0.5, 0.6) is 0 Å². The predicted molar refractivity (Wildman–Crippen MR) is 95.6 cm³/mol. The topological polar surface area (TPSA) is 49.0 Å². The number of para-hydroxylation sites is 2. The minimum atomic E-state index is -0.0449. The monoisotopic (exact) mass is 359 g/mol. The molecule has 4 rings (SSSR count). The van der Waals surface area contributed by atoms with Gasteiger partial charge in [-0.1, -0.05) is 35.3 Å². The zero-order valence-corrected chi connectivity index (χ0v) is 14.3. The molecule has 1 aliphatic heterocycles. The molecule has 0 saturated carbocycles. The van der Waals surface area contributed by atoms with Crippen LogP contribution < -0.4 is 0 Å². The van der Waals surface area contributed by atoms with Gasteiger partial charge in [-0.25, -0.2) is 4.98 Å². The maximum absolute atomic E-state index is 12.9. The van der Waals surface area contributed by atoms with E-state index >= 15 is 0 Å². The minimum Gasteiger partial charge on any atom is -0.340 e. The molecule has 0 unspecified atom stereocenters. The zero-order chi connectivity index (χ0) is 16.7. The summed E-state index contributed by atoms with van der Waals surface area (Å²) in [5.74, 6) is 0.790. The number of hydrogen-bond acceptors (Lipinski definition) is 2. The molecule has 1 saturated heterocycles. The van der Waals surface area contributed by atoms with Crippen LogP contribution in [0.4, 0.5) is 0 Å². The summed E-state index contributed by atoms with van der Waals surface area (Å²) in [7, 11) is 0. The zero-order valence-electron chi connectivity index (χ0n) is 12.8. The number of rotatable bonds is 2. The van der Waals surface area contributed by atoms with Crippen LogP contribution in [-0.4, -0.2) is 27.3 Å². The summed E-state index contributed by atoms with van der Waals surface area (Å²) in [5.41, 5.74) is 2.45. The quantitative estimate of drug-likeness (QED) is 0.710. The smallest absolute Gasteiger partial charge is 0.254 e. The lowest BCUT2D eigenvalue weighted by Gasteiger charge is -2.23. The first-order valence-corrected chi connectivity index (χ1v) is 8.60. The average molecular weight is 360 g/mol. The Morgan fingerprint density at radius 2 is 2.00 bits per heavy atom. The van der Waals surface area contributed by atoms with Gasteiger partial charge in [0.2, 0.25) is 0 Å². The second kappa shape index (κ2) is 6.11. The molecule has 2 heterocycles. The van der Waals surface area contributed by atoms with Crippen molar-refractivity contribution < 1.29 is 4.79 Å². The highest BCUT2D eigenvalue weighted by atomic mass is 35.5. The van der Waals surface area contributed by atoms with Gasteiger partial charge >= 0.3 is 0 Å². The Balaban J connectivity index is 1.66. The van der Waals surface area contributed by atoms with E-state index in [1.54, 1.807) is 18.2 Å². The standard InChI is InChI=1S/C18H15Cl2N3O/c19-12-8-7-11(10-13(12)20)18(24)23-9-3-6-16(23)17-21-14-4-1-2-5-15(14)22-17/h1-2,4-5,7-8,10,16H,3,6,9H2,(H,21,22)/t16-/m1/s1. The molecular formula is C18H15Cl2N3O. The van der Waals surface area contributed by atoms with Crippen LogP contribution in [0.1, 0.15) is 35.1 Å². The third kappa shape index (κ3) is 2.66. The van der Waals surface area contributed by atoms with E-state index in [1.807, 2.05) is 29.2 Å². The average Bonchev–Trinajstić information content (AvgIpc) is 3.22. The number of carbonyl (C=O) groups is 1. The van der Waals surface area contributed by atoms with Crippen LogP contribution in [0.2, 0.25) is 10.0 Å². The van der Waals surface area contributed by atoms with Gasteiger partial charge in [-0.05, 0) is 43.2 Å². The van der Waals surface area contributed by atoms with Crippen molar-refractivity contribution in [2.45, 2.75) is 18.9 Å². The summed E-state index contributed by atoms with van der Waals surface area (Å²) >= 11 is 12.0. The van der Waals surface area contributed by atoms with E-state index in [-0.39, 0.29) is 11.9 Å². The molecule has 0 bridgehead atoms. The molecule has 1 fully saturated rings. The first kappa shape index (κ1) is 15.5. The van der Waals surface area contributed by atoms with E-state index in [4.69, 9.17) is 23.2 Å². The van der Waals surface area contributed by atoms with E-state index < -0.39 is 0 Å². The number of fused-ring (bicyclic) bond motifs is 1. The number of halogens is 2. The summed E-state index contributed by atoms with van der Waals surface area (Å²) < 4.78 is 0. The van der Waals surface area contributed by atoms with Crippen LogP contribution >= 0.6 is 23.2 Å². The third-order valence-corrected chi connectivity index (χ3v) is 5.14. The number of aromatic nitrogens is 2. The van der Waals surface area contributed by atoms with Gasteiger partial charge in [0.05, 0.1) is 27.1 Å². The highest BCUT2D eigenvalue weighted by Gasteiger charge is 2.32. The fourth-order valence-corrected chi connectivity index (χ4v) is 3.52. The Kier molecular flexibility index (Phi) is 3.94. The number of carbonyl (C=O) groups excluding carboxylic acids is 1. The van der Waals surface area contributed by atoms with Crippen molar-refractivity contribution in [3.8, 4) is 0 Å². The number of likely N-dealkylation sites (tertiary alicyclic amines) is 1. The SMILES string of the molecule is O=C(c1ccc(Cl)c(Cl)c1)N1CCC[C@@H]1c1nc2ccccc2[nH]1. The van der Waals surface area contributed by atoms with Crippen LogP contribution in [0.25, 0.3) is 11.0 Å². The van der Waals surface area contributed by atoms with Crippen molar-refractivity contribution in [1.82, 2.24) is 14.9 Å². The van der Waals surface area contributed by atoms with Gasteiger partial charge in [0, 0.05) is 12.1 Å². The van der Waals surface area contributed by atoms with Gasteiger partial charge in [0.15, 0.2) is 0 Å². The second-order valence-corrected chi connectivity index (χ2v) is 6.74. The number of nitrogens with one attached hydrogen (secondary N) is 1. The number of aromatic amines is 1. The molecule has 6 heteroatoms. The van der Waals surface area contributed by atoms with Gasteiger partial charge in [0.1, 0.15) is 5.82 Å². The van der Waals surface area contributed by atoms with Gasteiger partial charge < -0.3 is 9.88 Å². The highest BCUT2D eigenvalue weighted by Crippen LogP contribution is 2.33. The van der Waals surface area contributed by atoms with Crippen LogP contribution in [0.15, 0.2) is 42.5 Å². The van der Waals surface area contributed by atoms with Gasteiger partial charge in [-0.15, -0.1) is 0 Å². The van der Waals surface area contributed by atoms with Crippen molar-refractivity contribution >= 4 is 40.1 Å². The van der Waals surface area contributed by atoms with Crippen molar-refractivity contribution in [3.63, 3.8) is 0 Å². The molecule has 1 N–H and O–H groups in total. The number of imidazole rings is 1. The summed E-state index contributed by atoms with van der Waals surface area (Å²) in [6.07, 6.45) is 1.85. The van der Waals surface area contributed by atoms with Crippen molar-refractivity contribution in [3.05, 3.63) is 63.9 Å². The summed E-state index contributed by atoms with van der Waals surface area (Å²) in [6.45, 7) is 0.709. The molecule has 24 heavy (non-hydrogen) atoms. The Morgan fingerprint density at radius 1 is 1.17 bits per heavy atom. The summed E-state index contributed by atoms with van der Waals surface area (Å²) in [6, 6.07) is 12.8. The van der Waals surface area contributed by atoms with Crippen LogP contribution in [-0.2, 0) is 0 Å². The molecule has 122 valence electrons. The first-order chi connectivity index (χ1) is 11.6. The lowest BCUT2D eigenvalue weighted by atomic mass is 10.1. The minimum absolute atomic E-state index is 0.0423. The number of nitrogens with zero attached hydrogens (tertiary/aromatic N) is 2. The molecule has 1 aliphatic rings. The Morgan fingerprint density at radius 3 is 2.79 bits per heavy atom. The maximum Gasteiger partial charge on any atom is 0.254 e. The van der Waals surface area contributed by atoms with Gasteiger partial charge in [-0.3, -0.25) is 4.79 Å². The predicted octanol–water partition coefficient (Wildman–Crippen LogP) is 4.85. The first-order valence-electron chi connectivity index (χ1n) is 7.84. The fourth-order valence-electron chi connectivity index (χ4n) is 3.22. The largest absolute Gasteiger partial charge is 0.340 e. The summed E-state index contributed by atoms with van der Waals surface area (Å²) in [4.78, 5) is 22.7. The lowest BCUT2D eigenvalue weighted by molar-refractivity contribution is 0.0730. The molecule has 1 amide bonds. The van der Waals surface area contributed by atoms with Crippen molar-refractivity contribution in [1.29, 1.82) is 0 Å². The van der Waals surface area contributed by atoms with E-state index in [2.05, 4.69) is 9.97 Å². The third-order valence-electron chi connectivity index (χ3n) is 4.40. The van der Waals surface area contributed by atoms with Crippen LogP contribution in [0.3, 0.4) is 0 Å². The summed E-state index contributed by atoms with van der Waals surface area (Å²) in [5, 5.41) is 0.838. The molecule has 2 aromatic carbocycles. The van der Waals surface area contributed by atoms with E-state index in [1.165, 1.54) is 0 Å². The fraction of sp³-hybridized carbons (Fsp3) is 0.222. The molecule has 1 aromatic heterocycles. The molecular weight excluding hydrogens is 345 g/mol. The highest BCUT2D eigenvalue weighted by molar-refractivity contribution is 6.42. The Labute approximate surface area is 149 Å². The van der Waals surface area contributed by atoms with E-state index in [0.29, 0.717) is 22.2 Å². The Hall–Kier alpha value is -2.04. The maximum atomic E-state index is 12.9. The van der Waals surface area contributed by atoms with Crippen molar-refractivity contribution in [2.75, 3.05) is 6.54 Å². The normalized spacial score (nSPS) is 17.6. The number of benzene rings is 2. The lowest BCUT2D eigenvalue weighted by Crippen LogP contribution is -2.31.